The van der Waals surface area contributed by atoms with Crippen molar-refractivity contribution < 1.29 is 28.5 Å². The number of aromatic hydroxyl groups is 3. The summed E-state index contributed by atoms with van der Waals surface area (Å²) >= 11 is 0. The first-order chi connectivity index (χ1) is 13.8. The van der Waals surface area contributed by atoms with Crippen LogP contribution in [-0.2, 0) is 10.0 Å². The van der Waals surface area contributed by atoms with Crippen molar-refractivity contribution in [2.75, 3.05) is 4.72 Å². The van der Waals surface area contributed by atoms with Gasteiger partial charge in [-0.2, -0.15) is 0 Å². The van der Waals surface area contributed by atoms with Crippen LogP contribution in [0.15, 0.2) is 77.7 Å². The fraction of sp³-hybridized carbons (Fsp3) is 0. The van der Waals surface area contributed by atoms with E-state index in [4.69, 9.17) is 0 Å². The summed E-state index contributed by atoms with van der Waals surface area (Å²) in [5.74, 6) is -1.40. The highest BCUT2D eigenvalue weighted by atomic mass is 32.2. The van der Waals surface area contributed by atoms with Crippen molar-refractivity contribution in [2.45, 2.75) is 4.90 Å². The van der Waals surface area contributed by atoms with Gasteiger partial charge in [0.2, 0.25) is 0 Å². The zero-order valence-corrected chi connectivity index (χ0v) is 15.8. The molecule has 0 fully saturated rings. The molecule has 0 amide bonds. The second-order valence-corrected chi connectivity index (χ2v) is 7.74. The Morgan fingerprint density at radius 2 is 1.62 bits per heavy atom. The van der Waals surface area contributed by atoms with Crippen LogP contribution in [0.4, 0.5) is 5.69 Å². The number of rotatable bonds is 6. The molecule has 0 bridgehead atoms. The lowest BCUT2D eigenvalue weighted by molar-refractivity contribution is 0.104. The van der Waals surface area contributed by atoms with E-state index in [0.717, 1.165) is 12.1 Å². The zero-order chi connectivity index (χ0) is 21.0. The minimum absolute atomic E-state index is 0.0608. The lowest BCUT2D eigenvalue weighted by atomic mass is 10.1. The average molecular weight is 411 g/mol. The van der Waals surface area contributed by atoms with Gasteiger partial charge in [0, 0.05) is 17.2 Å². The summed E-state index contributed by atoms with van der Waals surface area (Å²) in [6.45, 7) is 0. The average Bonchev–Trinajstić information content (AvgIpc) is 2.69. The Kier molecular flexibility index (Phi) is 5.56. The molecule has 148 valence electrons. The number of allylic oxidation sites excluding steroid dienone is 1. The molecule has 0 saturated heterocycles. The van der Waals surface area contributed by atoms with Crippen LogP contribution in [0.1, 0.15) is 15.9 Å². The first-order valence-corrected chi connectivity index (χ1v) is 9.90. The van der Waals surface area contributed by atoms with E-state index in [2.05, 4.69) is 4.72 Å². The number of para-hydroxylation sites is 2. The van der Waals surface area contributed by atoms with E-state index in [9.17, 15) is 28.5 Å². The van der Waals surface area contributed by atoms with Crippen molar-refractivity contribution in [1.82, 2.24) is 0 Å². The molecule has 3 aromatic carbocycles. The number of carbonyl (C=O) groups is 1. The number of phenols is 3. The molecule has 0 radical (unpaired) electrons. The molecule has 29 heavy (non-hydrogen) atoms. The Morgan fingerprint density at radius 1 is 0.897 bits per heavy atom. The Morgan fingerprint density at radius 3 is 2.38 bits per heavy atom. The minimum Gasteiger partial charge on any atom is -0.508 e. The largest absolute Gasteiger partial charge is 0.508 e. The van der Waals surface area contributed by atoms with E-state index in [0.29, 0.717) is 0 Å². The van der Waals surface area contributed by atoms with Gasteiger partial charge < -0.3 is 15.3 Å². The fourth-order valence-electron chi connectivity index (χ4n) is 2.58. The van der Waals surface area contributed by atoms with Crippen LogP contribution in [-0.4, -0.2) is 29.5 Å². The standard InChI is InChI=1S/C21H17NO6S/c23-15-6-4-7-16(13-15)29(27,28)22-18-9-2-1-8-17(18)19(24)12-11-14-5-3-10-20(25)21(14)26/h1-13,22-23,25-26H/b12-11+. The molecule has 0 spiro atoms. The summed E-state index contributed by atoms with van der Waals surface area (Å²) in [4.78, 5) is 12.5. The third-order valence-corrected chi connectivity index (χ3v) is 5.39. The van der Waals surface area contributed by atoms with Gasteiger partial charge in [0.1, 0.15) is 5.75 Å². The lowest BCUT2D eigenvalue weighted by Crippen LogP contribution is -2.15. The second-order valence-electron chi connectivity index (χ2n) is 6.06. The number of sulfonamides is 1. The first kappa shape index (κ1) is 20.0. The van der Waals surface area contributed by atoms with Crippen molar-refractivity contribution in [1.29, 1.82) is 0 Å². The Bertz CT molecular complexity index is 1200. The van der Waals surface area contributed by atoms with E-state index < -0.39 is 15.8 Å². The van der Waals surface area contributed by atoms with Gasteiger partial charge in [-0.3, -0.25) is 9.52 Å². The topological polar surface area (TPSA) is 124 Å². The molecule has 0 aliphatic carbocycles. The van der Waals surface area contributed by atoms with Crippen molar-refractivity contribution in [2.24, 2.45) is 0 Å². The third-order valence-electron chi connectivity index (χ3n) is 4.02. The molecule has 0 saturated carbocycles. The van der Waals surface area contributed by atoms with Crippen molar-refractivity contribution in [3.8, 4) is 17.2 Å². The van der Waals surface area contributed by atoms with Crippen LogP contribution >= 0.6 is 0 Å². The third kappa shape index (κ3) is 4.56. The van der Waals surface area contributed by atoms with E-state index in [1.165, 1.54) is 54.6 Å². The van der Waals surface area contributed by atoms with Crippen molar-refractivity contribution in [3.05, 3.63) is 83.9 Å². The molecule has 4 N–H and O–H groups in total. The summed E-state index contributed by atoms with van der Waals surface area (Å²) in [5, 5.41) is 28.8. The molecule has 0 aromatic heterocycles. The van der Waals surface area contributed by atoms with Gasteiger partial charge in [-0.15, -0.1) is 0 Å². The summed E-state index contributed by atoms with van der Waals surface area (Å²) in [5.41, 5.74) is 0.383. The predicted octanol–water partition coefficient (Wildman–Crippen LogP) is 3.50. The van der Waals surface area contributed by atoms with Crippen LogP contribution in [0.25, 0.3) is 6.08 Å². The number of nitrogens with one attached hydrogen (secondary N) is 1. The van der Waals surface area contributed by atoms with Crippen LogP contribution in [0.3, 0.4) is 0 Å². The van der Waals surface area contributed by atoms with Crippen LogP contribution in [0, 0.1) is 0 Å². The SMILES string of the molecule is O=C(/C=C/c1cccc(O)c1O)c1ccccc1NS(=O)(=O)c1cccc(O)c1. The van der Waals surface area contributed by atoms with Crippen molar-refractivity contribution in [3.63, 3.8) is 0 Å². The molecular formula is C21H17NO6S. The molecular weight excluding hydrogens is 394 g/mol. The Hall–Kier alpha value is -3.78. The van der Waals surface area contributed by atoms with Gasteiger partial charge in [-0.25, -0.2) is 8.42 Å². The maximum Gasteiger partial charge on any atom is 0.262 e. The molecule has 0 aliphatic rings. The molecule has 0 aliphatic heterocycles. The molecule has 0 heterocycles. The number of carbonyl (C=O) groups excluding carboxylic acids is 1. The maximum absolute atomic E-state index is 12.6. The summed E-state index contributed by atoms with van der Waals surface area (Å²) in [6, 6.07) is 15.5. The Balaban J connectivity index is 1.90. The first-order valence-electron chi connectivity index (χ1n) is 8.42. The van der Waals surface area contributed by atoms with Gasteiger partial charge in [-0.1, -0.05) is 30.3 Å². The van der Waals surface area contributed by atoms with E-state index in [1.54, 1.807) is 12.1 Å². The molecule has 8 heteroatoms. The van der Waals surface area contributed by atoms with E-state index in [1.807, 2.05) is 0 Å². The minimum atomic E-state index is -4.03. The Labute approximate surface area is 167 Å². The lowest BCUT2D eigenvalue weighted by Gasteiger charge is -2.11. The fourth-order valence-corrected chi connectivity index (χ4v) is 3.70. The second kappa shape index (κ2) is 8.07. The smallest absolute Gasteiger partial charge is 0.262 e. The highest BCUT2D eigenvalue weighted by molar-refractivity contribution is 7.92. The number of hydrogen-bond donors (Lipinski definition) is 4. The summed E-state index contributed by atoms with van der Waals surface area (Å²) in [7, 11) is -4.03. The van der Waals surface area contributed by atoms with Gasteiger partial charge in [0.05, 0.1) is 10.6 Å². The van der Waals surface area contributed by atoms with Gasteiger partial charge in [0.15, 0.2) is 17.3 Å². The normalized spacial score (nSPS) is 11.4. The zero-order valence-electron chi connectivity index (χ0n) is 15.0. The van der Waals surface area contributed by atoms with Crippen LogP contribution in [0.5, 0.6) is 17.2 Å². The van der Waals surface area contributed by atoms with Crippen LogP contribution < -0.4 is 4.72 Å². The highest BCUT2D eigenvalue weighted by Crippen LogP contribution is 2.29. The number of anilines is 1. The number of ketones is 1. The molecule has 7 nitrogen and oxygen atoms in total. The quantitative estimate of drug-likeness (QED) is 0.280. The summed E-state index contributed by atoms with van der Waals surface area (Å²) < 4.78 is 27.5. The molecule has 3 rings (SSSR count). The number of hydrogen-bond acceptors (Lipinski definition) is 6. The van der Waals surface area contributed by atoms with Gasteiger partial charge in [0.25, 0.3) is 10.0 Å². The van der Waals surface area contributed by atoms with Gasteiger partial charge >= 0.3 is 0 Å². The van der Waals surface area contributed by atoms with Crippen molar-refractivity contribution >= 4 is 27.6 Å². The molecule has 3 aromatic rings. The molecule has 0 atom stereocenters. The monoisotopic (exact) mass is 411 g/mol. The maximum atomic E-state index is 12.6. The number of benzene rings is 3. The van der Waals surface area contributed by atoms with Crippen LogP contribution in [0.2, 0.25) is 0 Å². The van der Waals surface area contributed by atoms with E-state index in [-0.39, 0.29) is 39.0 Å². The molecule has 0 unspecified atom stereocenters. The summed E-state index contributed by atoms with van der Waals surface area (Å²) in [6.07, 6.45) is 2.48. The number of phenolic OH excluding ortho intramolecular Hbond substituents is 3. The van der Waals surface area contributed by atoms with E-state index >= 15 is 0 Å². The predicted molar refractivity (Wildman–Crippen MR) is 108 cm³/mol. The van der Waals surface area contributed by atoms with Gasteiger partial charge in [-0.05, 0) is 42.5 Å². The highest BCUT2D eigenvalue weighted by Gasteiger charge is 2.18.